The molecule has 0 aliphatic heterocycles. The van der Waals surface area contributed by atoms with Gasteiger partial charge in [0, 0.05) is 11.9 Å². The van der Waals surface area contributed by atoms with Gasteiger partial charge in [-0.05, 0) is 31.4 Å². The fourth-order valence-electron chi connectivity index (χ4n) is 2.18. The molecule has 0 saturated carbocycles. The van der Waals surface area contributed by atoms with Gasteiger partial charge in [0.1, 0.15) is 17.4 Å². The van der Waals surface area contributed by atoms with E-state index in [1.54, 1.807) is 16.7 Å². The number of amides is 1. The molecular weight excluding hydrogens is 270 g/mol. The predicted octanol–water partition coefficient (Wildman–Crippen LogP) is 1.87. The Morgan fingerprint density at radius 1 is 1.38 bits per heavy atom. The lowest BCUT2D eigenvalue weighted by Crippen LogP contribution is -2.41. The molecule has 0 aromatic carbocycles. The number of nitrogens with zero attached hydrogens (tertiary/aromatic N) is 2. The lowest BCUT2D eigenvalue weighted by molar-refractivity contribution is -0.139. The van der Waals surface area contributed by atoms with Crippen LogP contribution in [0, 0.1) is 12.8 Å². The van der Waals surface area contributed by atoms with E-state index in [-0.39, 0.29) is 11.6 Å². The number of aromatic nitrogens is 2. The largest absolute Gasteiger partial charge is 0.480 e. The number of hydrogen-bond donors (Lipinski definition) is 2. The number of rotatable bonds is 5. The number of fused-ring (bicyclic) bond motifs is 1. The third kappa shape index (κ3) is 3.39. The lowest BCUT2D eigenvalue weighted by Gasteiger charge is -2.15. The Hall–Kier alpha value is -2.37. The SMILES string of the molecule is Cc1cccc2nc(C(=O)N[C@H](CC(C)C)C(=O)O)cn12. The number of aliphatic carboxylic acids is 1. The molecule has 112 valence electrons. The summed E-state index contributed by atoms with van der Waals surface area (Å²) in [6.45, 7) is 5.74. The summed E-state index contributed by atoms with van der Waals surface area (Å²) in [5.74, 6) is -1.32. The van der Waals surface area contributed by atoms with Gasteiger partial charge in [0.15, 0.2) is 0 Å². The summed E-state index contributed by atoms with van der Waals surface area (Å²) >= 11 is 0. The van der Waals surface area contributed by atoms with Gasteiger partial charge in [0.25, 0.3) is 5.91 Å². The van der Waals surface area contributed by atoms with Gasteiger partial charge in [0.05, 0.1) is 0 Å². The Kier molecular flexibility index (Phi) is 4.26. The second-order valence-electron chi connectivity index (χ2n) is 5.52. The summed E-state index contributed by atoms with van der Waals surface area (Å²) < 4.78 is 1.80. The number of carbonyl (C=O) groups is 2. The minimum Gasteiger partial charge on any atom is -0.480 e. The first kappa shape index (κ1) is 15.0. The summed E-state index contributed by atoms with van der Waals surface area (Å²) in [6, 6.07) is 4.67. The van der Waals surface area contributed by atoms with Crippen molar-refractivity contribution in [1.82, 2.24) is 14.7 Å². The molecule has 0 fully saturated rings. The van der Waals surface area contributed by atoms with Crippen molar-refractivity contribution < 1.29 is 14.7 Å². The Morgan fingerprint density at radius 2 is 2.10 bits per heavy atom. The van der Waals surface area contributed by atoms with Gasteiger partial charge >= 0.3 is 5.97 Å². The molecule has 2 aromatic rings. The van der Waals surface area contributed by atoms with Crippen molar-refractivity contribution in [2.45, 2.75) is 33.2 Å². The molecule has 1 amide bonds. The Labute approximate surface area is 122 Å². The van der Waals surface area contributed by atoms with Crippen LogP contribution in [-0.2, 0) is 4.79 Å². The van der Waals surface area contributed by atoms with E-state index in [0.29, 0.717) is 12.1 Å². The smallest absolute Gasteiger partial charge is 0.326 e. The molecule has 2 heterocycles. The fraction of sp³-hybridized carbons (Fsp3) is 0.400. The van der Waals surface area contributed by atoms with Crippen LogP contribution in [0.1, 0.15) is 36.5 Å². The zero-order chi connectivity index (χ0) is 15.6. The third-order valence-electron chi connectivity index (χ3n) is 3.24. The van der Waals surface area contributed by atoms with Gasteiger partial charge < -0.3 is 14.8 Å². The van der Waals surface area contributed by atoms with E-state index in [2.05, 4.69) is 10.3 Å². The maximum atomic E-state index is 12.2. The standard InChI is InChI=1S/C15H19N3O3/c1-9(2)7-11(15(20)21)17-14(19)12-8-18-10(3)5-4-6-13(18)16-12/h4-6,8-9,11H,7H2,1-3H3,(H,17,19)(H,20,21)/t11-/m1/s1. The molecule has 0 unspecified atom stereocenters. The average Bonchev–Trinajstić information content (AvgIpc) is 2.82. The molecule has 2 aromatic heterocycles. The lowest BCUT2D eigenvalue weighted by atomic mass is 10.0. The molecule has 0 bridgehead atoms. The van der Waals surface area contributed by atoms with Crippen molar-refractivity contribution in [1.29, 1.82) is 0 Å². The predicted molar refractivity (Wildman–Crippen MR) is 78.3 cm³/mol. The van der Waals surface area contributed by atoms with Gasteiger partial charge in [-0.25, -0.2) is 9.78 Å². The first-order valence-electron chi connectivity index (χ1n) is 6.87. The minimum atomic E-state index is -1.03. The number of carboxylic acids is 1. The Balaban J connectivity index is 2.21. The average molecular weight is 289 g/mol. The van der Waals surface area contributed by atoms with Crippen LogP contribution >= 0.6 is 0 Å². The highest BCUT2D eigenvalue weighted by atomic mass is 16.4. The minimum absolute atomic E-state index is 0.176. The quantitative estimate of drug-likeness (QED) is 0.880. The second-order valence-corrected chi connectivity index (χ2v) is 5.52. The van der Waals surface area contributed by atoms with Crippen LogP contribution in [0.5, 0.6) is 0 Å². The van der Waals surface area contributed by atoms with Crippen LogP contribution in [0.15, 0.2) is 24.4 Å². The number of pyridine rings is 1. The topological polar surface area (TPSA) is 83.7 Å². The summed E-state index contributed by atoms with van der Waals surface area (Å²) in [4.78, 5) is 27.6. The van der Waals surface area contributed by atoms with Crippen molar-refractivity contribution >= 4 is 17.5 Å². The molecule has 0 radical (unpaired) electrons. The van der Waals surface area contributed by atoms with Gasteiger partial charge in [-0.1, -0.05) is 19.9 Å². The van der Waals surface area contributed by atoms with Gasteiger partial charge in [-0.2, -0.15) is 0 Å². The van der Waals surface area contributed by atoms with Gasteiger partial charge in [-0.15, -0.1) is 0 Å². The van der Waals surface area contributed by atoms with Crippen molar-refractivity contribution in [3.8, 4) is 0 Å². The van der Waals surface area contributed by atoms with E-state index < -0.39 is 17.9 Å². The van der Waals surface area contributed by atoms with E-state index in [9.17, 15) is 9.59 Å². The van der Waals surface area contributed by atoms with Crippen LogP contribution in [0.2, 0.25) is 0 Å². The molecule has 0 aliphatic carbocycles. The Morgan fingerprint density at radius 3 is 2.67 bits per heavy atom. The summed E-state index contributed by atoms with van der Waals surface area (Å²) in [5, 5.41) is 11.7. The van der Waals surface area contributed by atoms with E-state index in [4.69, 9.17) is 5.11 Å². The van der Waals surface area contributed by atoms with Crippen molar-refractivity contribution in [3.63, 3.8) is 0 Å². The number of carbonyl (C=O) groups excluding carboxylic acids is 1. The number of aryl methyl sites for hydroxylation is 1. The first-order valence-corrected chi connectivity index (χ1v) is 6.87. The van der Waals surface area contributed by atoms with Crippen molar-refractivity contribution in [2.75, 3.05) is 0 Å². The van der Waals surface area contributed by atoms with Gasteiger partial charge in [0.2, 0.25) is 0 Å². The number of carboxylic acid groups (broad SMARTS) is 1. The monoisotopic (exact) mass is 289 g/mol. The van der Waals surface area contributed by atoms with Gasteiger partial charge in [-0.3, -0.25) is 4.79 Å². The zero-order valence-electron chi connectivity index (χ0n) is 12.3. The highest BCUT2D eigenvalue weighted by Crippen LogP contribution is 2.10. The van der Waals surface area contributed by atoms with Crippen molar-refractivity contribution in [3.05, 3.63) is 35.8 Å². The fourth-order valence-corrected chi connectivity index (χ4v) is 2.18. The number of nitrogens with one attached hydrogen (secondary N) is 1. The molecule has 6 heteroatoms. The maximum Gasteiger partial charge on any atom is 0.326 e. The van der Waals surface area contributed by atoms with E-state index in [1.165, 1.54) is 0 Å². The van der Waals surface area contributed by atoms with E-state index >= 15 is 0 Å². The molecule has 6 nitrogen and oxygen atoms in total. The van der Waals surface area contributed by atoms with Crippen LogP contribution in [0.3, 0.4) is 0 Å². The van der Waals surface area contributed by atoms with Crippen LogP contribution in [-0.4, -0.2) is 32.4 Å². The third-order valence-corrected chi connectivity index (χ3v) is 3.24. The highest BCUT2D eigenvalue weighted by Gasteiger charge is 2.23. The number of imidazole rings is 1. The molecule has 2 rings (SSSR count). The highest BCUT2D eigenvalue weighted by molar-refractivity contribution is 5.95. The molecule has 2 N–H and O–H groups in total. The maximum absolute atomic E-state index is 12.2. The summed E-state index contributed by atoms with van der Waals surface area (Å²) in [5.41, 5.74) is 1.84. The van der Waals surface area contributed by atoms with Crippen LogP contribution in [0.4, 0.5) is 0 Å². The van der Waals surface area contributed by atoms with Crippen LogP contribution in [0.25, 0.3) is 5.65 Å². The van der Waals surface area contributed by atoms with Crippen LogP contribution < -0.4 is 5.32 Å². The molecule has 0 saturated heterocycles. The molecule has 21 heavy (non-hydrogen) atoms. The summed E-state index contributed by atoms with van der Waals surface area (Å²) in [6.07, 6.45) is 2.00. The molecule has 0 aliphatic rings. The first-order chi connectivity index (χ1) is 9.88. The van der Waals surface area contributed by atoms with E-state index in [1.807, 2.05) is 32.9 Å². The second kappa shape index (κ2) is 5.95. The molecule has 0 spiro atoms. The van der Waals surface area contributed by atoms with E-state index in [0.717, 1.165) is 5.69 Å². The number of hydrogen-bond acceptors (Lipinski definition) is 3. The summed E-state index contributed by atoms with van der Waals surface area (Å²) in [7, 11) is 0. The van der Waals surface area contributed by atoms with Crippen molar-refractivity contribution in [2.24, 2.45) is 5.92 Å². The zero-order valence-corrected chi connectivity index (χ0v) is 12.3. The molecular formula is C15H19N3O3. The molecule has 1 atom stereocenters. The normalized spacial score (nSPS) is 12.6. The Bertz CT molecular complexity index is 676.